The highest BCUT2D eigenvalue weighted by Gasteiger charge is 2.46. The van der Waals surface area contributed by atoms with Gasteiger partial charge in [-0.15, -0.1) is 0 Å². The van der Waals surface area contributed by atoms with Crippen molar-refractivity contribution < 1.29 is 5.11 Å². The van der Waals surface area contributed by atoms with Crippen LogP contribution >= 0.6 is 0 Å². The Balaban J connectivity index is 2.39. The third-order valence-electron chi connectivity index (χ3n) is 5.81. The second kappa shape index (κ2) is 8.87. The minimum Gasteiger partial charge on any atom is -0.508 e. The number of phenols is 1. The summed E-state index contributed by atoms with van der Waals surface area (Å²) in [5.41, 5.74) is 1.24. The summed E-state index contributed by atoms with van der Waals surface area (Å²) >= 11 is 0. The van der Waals surface area contributed by atoms with Gasteiger partial charge in [-0.25, -0.2) is 0 Å². The summed E-state index contributed by atoms with van der Waals surface area (Å²) in [7, 11) is 2.28. The van der Waals surface area contributed by atoms with Gasteiger partial charge < -0.3 is 10.4 Å². The molecular weight excluding hydrogens is 296 g/mol. The molecule has 0 aromatic heterocycles. The Morgan fingerprint density at radius 2 is 2.08 bits per heavy atom. The standard InChI is InChI=1S/C21H36N2O/c1-5-7-8-14-23(4)21(18-10-9-11-19(24)16-18)13-12-17(3)15-20(21)22-6-2/h9-11,16-17,20,22,24H,5-8,12-15H2,1-4H3. The first kappa shape index (κ1) is 19.3. The molecule has 3 atom stereocenters. The van der Waals surface area contributed by atoms with Gasteiger partial charge in [-0.2, -0.15) is 0 Å². The van der Waals surface area contributed by atoms with Crippen molar-refractivity contribution in [2.45, 2.75) is 70.9 Å². The van der Waals surface area contributed by atoms with Gasteiger partial charge in [0.05, 0.1) is 5.54 Å². The van der Waals surface area contributed by atoms with Crippen molar-refractivity contribution in [3.05, 3.63) is 29.8 Å². The number of unbranched alkanes of at least 4 members (excludes halogenated alkanes) is 2. The maximum absolute atomic E-state index is 10.1. The minimum absolute atomic E-state index is 0.0188. The van der Waals surface area contributed by atoms with Crippen molar-refractivity contribution >= 4 is 0 Å². The third kappa shape index (κ3) is 4.12. The van der Waals surface area contributed by atoms with Crippen molar-refractivity contribution in [3.63, 3.8) is 0 Å². The van der Waals surface area contributed by atoms with Gasteiger partial charge in [-0.05, 0) is 69.4 Å². The van der Waals surface area contributed by atoms with E-state index in [1.807, 2.05) is 12.1 Å². The number of nitrogens with one attached hydrogen (secondary N) is 1. The van der Waals surface area contributed by atoms with Gasteiger partial charge >= 0.3 is 0 Å². The molecule has 1 aliphatic carbocycles. The lowest BCUT2D eigenvalue weighted by molar-refractivity contribution is 0.0208. The number of phenolic OH excluding ortho intramolecular Hbond substituents is 1. The Bertz CT molecular complexity index is 504. The molecule has 3 nitrogen and oxygen atoms in total. The van der Waals surface area contributed by atoms with E-state index >= 15 is 0 Å². The number of benzene rings is 1. The first-order valence-electron chi connectivity index (χ1n) is 9.78. The molecule has 0 amide bonds. The molecule has 0 bridgehead atoms. The maximum atomic E-state index is 10.1. The summed E-state index contributed by atoms with van der Waals surface area (Å²) < 4.78 is 0. The van der Waals surface area contributed by atoms with Gasteiger partial charge in [-0.1, -0.05) is 45.7 Å². The van der Waals surface area contributed by atoms with Crippen LogP contribution in [0.25, 0.3) is 0 Å². The molecule has 24 heavy (non-hydrogen) atoms. The van der Waals surface area contributed by atoms with E-state index in [2.05, 4.69) is 44.1 Å². The zero-order chi connectivity index (χ0) is 17.6. The van der Waals surface area contributed by atoms with Gasteiger partial charge in [-0.3, -0.25) is 4.90 Å². The number of hydrogen-bond acceptors (Lipinski definition) is 3. The predicted octanol–water partition coefficient (Wildman–Crippen LogP) is 4.51. The van der Waals surface area contributed by atoms with E-state index in [0.717, 1.165) is 25.4 Å². The second-order valence-electron chi connectivity index (χ2n) is 7.59. The fourth-order valence-electron chi connectivity index (χ4n) is 4.45. The molecule has 0 heterocycles. The van der Waals surface area contributed by atoms with Crippen LogP contribution < -0.4 is 5.32 Å². The number of hydrogen-bond donors (Lipinski definition) is 2. The van der Waals surface area contributed by atoms with Gasteiger partial charge in [0, 0.05) is 6.04 Å². The van der Waals surface area contributed by atoms with E-state index in [1.54, 1.807) is 6.07 Å². The van der Waals surface area contributed by atoms with Gasteiger partial charge in [0.15, 0.2) is 0 Å². The van der Waals surface area contributed by atoms with E-state index < -0.39 is 0 Å². The lowest BCUT2D eigenvalue weighted by Gasteiger charge is -2.52. The Labute approximate surface area is 148 Å². The van der Waals surface area contributed by atoms with Crippen LogP contribution in [0.5, 0.6) is 5.75 Å². The summed E-state index contributed by atoms with van der Waals surface area (Å²) in [6, 6.07) is 8.39. The average Bonchev–Trinajstić information content (AvgIpc) is 2.56. The molecular formula is C21H36N2O. The van der Waals surface area contributed by atoms with Crippen LogP contribution in [0.4, 0.5) is 0 Å². The molecule has 0 radical (unpaired) electrons. The lowest BCUT2D eigenvalue weighted by Crippen LogP contribution is -2.60. The molecule has 0 saturated heterocycles. The SMILES string of the molecule is CCCCCN(C)C1(c2cccc(O)c2)CCC(C)CC1NCC. The van der Waals surface area contributed by atoms with Crippen LogP contribution in [0.2, 0.25) is 0 Å². The van der Waals surface area contributed by atoms with Crippen LogP contribution in [0, 0.1) is 5.92 Å². The van der Waals surface area contributed by atoms with Crippen LogP contribution in [0.1, 0.15) is 64.9 Å². The number of likely N-dealkylation sites (N-methyl/N-ethyl adjacent to an activating group) is 2. The summed E-state index contributed by atoms with van der Waals surface area (Å²) in [5.74, 6) is 1.13. The molecule has 2 N–H and O–H groups in total. The van der Waals surface area contributed by atoms with E-state index in [1.165, 1.54) is 37.7 Å². The highest BCUT2D eigenvalue weighted by atomic mass is 16.3. The highest BCUT2D eigenvalue weighted by molar-refractivity contribution is 5.35. The number of rotatable bonds is 8. The molecule has 1 saturated carbocycles. The third-order valence-corrected chi connectivity index (χ3v) is 5.81. The summed E-state index contributed by atoms with van der Waals surface area (Å²) in [6.45, 7) is 8.92. The van der Waals surface area contributed by atoms with E-state index in [0.29, 0.717) is 11.8 Å². The van der Waals surface area contributed by atoms with Gasteiger partial charge in [0.2, 0.25) is 0 Å². The second-order valence-corrected chi connectivity index (χ2v) is 7.59. The molecule has 1 aliphatic rings. The van der Waals surface area contributed by atoms with Crippen molar-refractivity contribution in [3.8, 4) is 5.75 Å². The summed E-state index contributed by atoms with van der Waals surface area (Å²) in [5, 5.41) is 13.9. The molecule has 136 valence electrons. The topological polar surface area (TPSA) is 35.5 Å². The molecule has 2 rings (SSSR count). The van der Waals surface area contributed by atoms with Crippen molar-refractivity contribution in [1.29, 1.82) is 0 Å². The zero-order valence-electron chi connectivity index (χ0n) is 16.0. The maximum Gasteiger partial charge on any atom is 0.115 e. The largest absolute Gasteiger partial charge is 0.508 e. The average molecular weight is 333 g/mol. The highest BCUT2D eigenvalue weighted by Crippen LogP contribution is 2.44. The number of aromatic hydroxyl groups is 1. The van der Waals surface area contributed by atoms with E-state index in [-0.39, 0.29) is 5.54 Å². The normalized spacial score (nSPS) is 27.5. The van der Waals surface area contributed by atoms with Crippen molar-refractivity contribution in [1.82, 2.24) is 10.2 Å². The zero-order valence-corrected chi connectivity index (χ0v) is 16.0. The molecule has 3 heteroatoms. The van der Waals surface area contributed by atoms with Gasteiger partial charge in [0.1, 0.15) is 5.75 Å². The quantitative estimate of drug-likeness (QED) is 0.688. The van der Waals surface area contributed by atoms with Gasteiger partial charge in [0.25, 0.3) is 0 Å². The lowest BCUT2D eigenvalue weighted by atomic mass is 9.68. The van der Waals surface area contributed by atoms with Crippen molar-refractivity contribution in [2.24, 2.45) is 5.92 Å². The Kier molecular flexibility index (Phi) is 7.12. The molecule has 1 aromatic rings. The Hall–Kier alpha value is -1.06. The first-order valence-corrected chi connectivity index (χ1v) is 9.78. The molecule has 1 fully saturated rings. The van der Waals surface area contributed by atoms with Crippen molar-refractivity contribution in [2.75, 3.05) is 20.1 Å². The number of nitrogens with zero attached hydrogens (tertiary/aromatic N) is 1. The van der Waals surface area contributed by atoms with Crippen LogP contribution in [-0.4, -0.2) is 36.2 Å². The summed E-state index contributed by atoms with van der Waals surface area (Å²) in [4.78, 5) is 2.57. The smallest absolute Gasteiger partial charge is 0.115 e. The minimum atomic E-state index is -0.0188. The van der Waals surface area contributed by atoms with Crippen LogP contribution in [0.15, 0.2) is 24.3 Å². The molecule has 0 spiro atoms. The Morgan fingerprint density at radius 1 is 1.29 bits per heavy atom. The fraction of sp³-hybridized carbons (Fsp3) is 0.714. The Morgan fingerprint density at radius 3 is 2.75 bits per heavy atom. The van der Waals surface area contributed by atoms with E-state index in [9.17, 15) is 5.11 Å². The molecule has 3 unspecified atom stereocenters. The van der Waals surface area contributed by atoms with E-state index in [4.69, 9.17) is 0 Å². The predicted molar refractivity (Wildman–Crippen MR) is 102 cm³/mol. The molecule has 1 aromatic carbocycles. The van der Waals surface area contributed by atoms with Crippen LogP contribution in [0.3, 0.4) is 0 Å². The fourth-order valence-corrected chi connectivity index (χ4v) is 4.45. The van der Waals surface area contributed by atoms with Crippen LogP contribution in [-0.2, 0) is 5.54 Å². The summed E-state index contributed by atoms with van der Waals surface area (Å²) in [6.07, 6.45) is 7.36. The first-order chi connectivity index (χ1) is 11.5. The molecule has 0 aliphatic heterocycles. The monoisotopic (exact) mass is 332 g/mol.